The Labute approximate surface area is 263 Å². The van der Waals surface area contributed by atoms with Gasteiger partial charge >= 0.3 is 5.97 Å². The Morgan fingerprint density at radius 2 is 1.85 bits per heavy atom. The van der Waals surface area contributed by atoms with E-state index in [-0.39, 0.29) is 35.3 Å². The number of hydrogen-bond acceptors (Lipinski definition) is 12. The molecule has 0 aliphatic heterocycles. The number of hydrogen-bond donors (Lipinski definition) is 7. The van der Waals surface area contributed by atoms with E-state index in [2.05, 4.69) is 10.1 Å². The molecular weight excluding hydrogens is 602 g/mol. The van der Waals surface area contributed by atoms with Crippen LogP contribution in [-0.4, -0.2) is 111 Å². The number of fused-ring (bicyclic) bond motifs is 3. The highest BCUT2D eigenvalue weighted by molar-refractivity contribution is 6.25. The molecular formula is C32H35N3O11. The molecule has 0 saturated heterocycles. The maximum Gasteiger partial charge on any atom is 0.330 e. The molecule has 46 heavy (non-hydrogen) atoms. The van der Waals surface area contributed by atoms with Gasteiger partial charge in [0.15, 0.2) is 17.4 Å². The summed E-state index contributed by atoms with van der Waals surface area (Å²) in [5.74, 6) is -9.90. The molecule has 14 heteroatoms. The van der Waals surface area contributed by atoms with Crippen LogP contribution in [0.5, 0.6) is 5.75 Å². The molecule has 0 spiro atoms. The first-order valence-corrected chi connectivity index (χ1v) is 14.5. The number of Topliss-reactive ketones (excluding diaryl/α,β-unsaturated/α-hetero) is 2. The second kappa shape index (κ2) is 11.9. The smallest absolute Gasteiger partial charge is 0.330 e. The number of amides is 2. The number of aliphatic hydroxyl groups is 4. The van der Waals surface area contributed by atoms with E-state index in [1.165, 1.54) is 23.1 Å². The maximum absolute atomic E-state index is 14.0. The van der Waals surface area contributed by atoms with Gasteiger partial charge in [0.05, 0.1) is 25.4 Å². The fraction of sp³-hybridized carbons (Fsp3) is 0.406. The van der Waals surface area contributed by atoms with Gasteiger partial charge in [-0.2, -0.15) is 0 Å². The van der Waals surface area contributed by atoms with Crippen LogP contribution in [0.25, 0.3) is 16.9 Å². The number of aliphatic hydroxyl groups excluding tert-OH is 3. The van der Waals surface area contributed by atoms with E-state index in [1.54, 1.807) is 32.3 Å². The summed E-state index contributed by atoms with van der Waals surface area (Å²) in [5, 5.41) is 57.1. The van der Waals surface area contributed by atoms with Gasteiger partial charge in [-0.1, -0.05) is 18.2 Å². The van der Waals surface area contributed by atoms with Crippen molar-refractivity contribution in [1.29, 1.82) is 0 Å². The van der Waals surface area contributed by atoms with E-state index in [0.29, 0.717) is 16.7 Å². The van der Waals surface area contributed by atoms with Crippen LogP contribution in [0.3, 0.4) is 0 Å². The van der Waals surface area contributed by atoms with Crippen LogP contribution < -0.4 is 11.1 Å². The van der Waals surface area contributed by atoms with Crippen molar-refractivity contribution in [2.45, 2.75) is 36.6 Å². The first kappa shape index (κ1) is 32.8. The summed E-state index contributed by atoms with van der Waals surface area (Å²) in [4.78, 5) is 66.1. The number of methoxy groups -OCH3 is 1. The van der Waals surface area contributed by atoms with Crippen molar-refractivity contribution in [1.82, 2.24) is 10.2 Å². The minimum absolute atomic E-state index is 0.0498. The van der Waals surface area contributed by atoms with Crippen LogP contribution in [0.15, 0.2) is 42.0 Å². The Bertz CT molecular complexity index is 1690. The minimum atomic E-state index is -2.77. The van der Waals surface area contributed by atoms with E-state index < -0.39 is 83.3 Å². The summed E-state index contributed by atoms with van der Waals surface area (Å²) in [6.45, 7) is -0.686. The Kier molecular flexibility index (Phi) is 8.51. The predicted octanol–water partition coefficient (Wildman–Crippen LogP) is -0.940. The zero-order valence-corrected chi connectivity index (χ0v) is 25.3. The van der Waals surface area contributed by atoms with Crippen molar-refractivity contribution < 1.29 is 54.2 Å². The largest absolute Gasteiger partial charge is 0.507 e. The molecule has 0 heterocycles. The number of nitrogens with two attached hydrogens (primary N) is 1. The molecule has 14 nitrogen and oxygen atoms in total. The highest BCUT2D eigenvalue weighted by atomic mass is 16.5. The highest BCUT2D eigenvalue weighted by Gasteiger charge is 2.67. The van der Waals surface area contributed by atoms with Gasteiger partial charge in [0.1, 0.15) is 17.4 Å². The van der Waals surface area contributed by atoms with E-state index >= 15 is 0 Å². The third-order valence-electron chi connectivity index (χ3n) is 9.38. The van der Waals surface area contributed by atoms with Gasteiger partial charge < -0.3 is 46.2 Å². The number of benzene rings is 2. The molecule has 0 radical (unpaired) electrons. The lowest BCUT2D eigenvalue weighted by Gasteiger charge is -2.53. The number of phenols is 1. The van der Waals surface area contributed by atoms with Crippen molar-refractivity contribution >= 4 is 35.1 Å². The van der Waals surface area contributed by atoms with Crippen molar-refractivity contribution in [3.63, 3.8) is 0 Å². The van der Waals surface area contributed by atoms with Crippen molar-refractivity contribution in [2.75, 3.05) is 27.8 Å². The molecule has 3 aliphatic rings. The normalized spacial score (nSPS) is 27.8. The molecule has 0 bridgehead atoms. The van der Waals surface area contributed by atoms with E-state index in [4.69, 9.17) is 5.73 Å². The Morgan fingerprint density at radius 1 is 1.15 bits per heavy atom. The number of ketones is 2. The average Bonchev–Trinajstić information content (AvgIpc) is 3.01. The fourth-order valence-electron chi connectivity index (χ4n) is 7.27. The summed E-state index contributed by atoms with van der Waals surface area (Å²) < 4.78 is 4.59. The molecule has 2 aromatic rings. The SMILES string of the molecule is COC(=O)C(CO)NC(=O)c1cccc(-c2ccc(O)c3c2C[C@H]2C[C@H]4C(N(C)C)C(O)C(C(N)=O)C(=O)[C@@]4(O)C(=O)C2=C3O)c1. The molecule has 7 atom stereocenters. The molecule has 2 saturated carbocycles. The first-order valence-electron chi connectivity index (χ1n) is 14.5. The number of esters is 1. The first-order chi connectivity index (χ1) is 21.7. The third-order valence-corrected chi connectivity index (χ3v) is 9.38. The molecule has 2 aromatic carbocycles. The zero-order chi connectivity index (χ0) is 33.8. The van der Waals surface area contributed by atoms with Crippen molar-refractivity contribution in [2.24, 2.45) is 23.5 Å². The van der Waals surface area contributed by atoms with Crippen molar-refractivity contribution in [3.05, 3.63) is 58.7 Å². The average molecular weight is 638 g/mol. The maximum atomic E-state index is 14.0. The van der Waals surface area contributed by atoms with Crippen molar-refractivity contribution in [3.8, 4) is 16.9 Å². The van der Waals surface area contributed by atoms with Crippen LogP contribution >= 0.6 is 0 Å². The number of likely N-dealkylation sites (N-methyl/N-ethyl adjacent to an activating group) is 1. The second-order valence-corrected chi connectivity index (χ2v) is 12.1. The summed E-state index contributed by atoms with van der Waals surface area (Å²) in [6.07, 6.45) is -1.59. The number of nitrogens with zero attached hydrogens (tertiary/aromatic N) is 1. The molecule has 244 valence electrons. The zero-order valence-electron chi connectivity index (χ0n) is 25.3. The van der Waals surface area contributed by atoms with Gasteiger partial charge in [-0.25, -0.2) is 4.79 Å². The van der Waals surface area contributed by atoms with E-state index in [1.807, 2.05) is 0 Å². The standard InChI is InChI=1S/C32H35N3O11/c1-35(2)24-18-11-15-10-17-16(13-5-4-6-14(9-13)30(43)34-19(12-36)31(44)46-3)7-8-20(37)22(17)25(38)21(15)27(40)32(18,45)28(41)23(26(24)39)29(33)42/h4-9,15,18-19,23-24,26,36-39,45H,10-12H2,1-3H3,(H2,33,42)(H,34,43)/t15-,18-,19?,23?,24?,26?,32-/m0/s1. The quantitative estimate of drug-likeness (QED) is 0.144. The predicted molar refractivity (Wildman–Crippen MR) is 160 cm³/mol. The third kappa shape index (κ3) is 4.94. The van der Waals surface area contributed by atoms with Crippen LogP contribution in [0.4, 0.5) is 0 Å². The molecule has 8 N–H and O–H groups in total. The summed E-state index contributed by atoms with van der Waals surface area (Å²) in [5.41, 5.74) is 3.79. The second-order valence-electron chi connectivity index (χ2n) is 12.1. The monoisotopic (exact) mass is 637 g/mol. The van der Waals surface area contributed by atoms with Gasteiger partial charge in [0.25, 0.3) is 5.91 Å². The molecule has 0 aromatic heterocycles. The number of carbonyl (C=O) groups excluding carboxylic acids is 5. The van der Waals surface area contributed by atoms with E-state index in [0.717, 1.165) is 7.11 Å². The molecule has 2 amide bonds. The van der Waals surface area contributed by atoms with Gasteiger partial charge in [-0.3, -0.25) is 19.2 Å². The summed E-state index contributed by atoms with van der Waals surface area (Å²) in [6, 6.07) is 6.79. The van der Waals surface area contributed by atoms with Gasteiger partial charge in [-0.15, -0.1) is 0 Å². The lowest BCUT2D eigenvalue weighted by Crippen LogP contribution is -2.73. The summed E-state index contributed by atoms with van der Waals surface area (Å²) in [7, 11) is 4.26. The van der Waals surface area contributed by atoms with Gasteiger partial charge in [-0.05, 0) is 67.7 Å². The van der Waals surface area contributed by atoms with Gasteiger partial charge in [0, 0.05) is 23.1 Å². The lowest BCUT2D eigenvalue weighted by atomic mass is 9.54. The van der Waals surface area contributed by atoms with Gasteiger partial charge in [0.2, 0.25) is 11.7 Å². The topological polar surface area (TPSA) is 237 Å². The van der Waals surface area contributed by atoms with Crippen LogP contribution in [0.1, 0.15) is 27.9 Å². The molecule has 4 unspecified atom stereocenters. The fourth-order valence-corrected chi connectivity index (χ4v) is 7.27. The number of nitrogens with one attached hydrogen (secondary N) is 1. The van der Waals surface area contributed by atoms with Crippen LogP contribution in [-0.2, 0) is 30.3 Å². The minimum Gasteiger partial charge on any atom is -0.507 e. The number of carbonyl (C=O) groups is 5. The van der Waals surface area contributed by atoms with E-state index in [9.17, 15) is 49.5 Å². The number of ether oxygens (including phenoxy) is 1. The number of aromatic hydroxyl groups is 1. The molecule has 2 fully saturated rings. The number of primary amides is 1. The van der Waals surface area contributed by atoms with Crippen LogP contribution in [0, 0.1) is 17.8 Å². The molecule has 5 rings (SSSR count). The lowest BCUT2D eigenvalue weighted by molar-refractivity contribution is -0.184. The summed E-state index contributed by atoms with van der Waals surface area (Å²) >= 11 is 0. The number of rotatable bonds is 7. The Hall–Kier alpha value is -4.63. The Morgan fingerprint density at radius 3 is 2.46 bits per heavy atom. The van der Waals surface area contributed by atoms with Crippen LogP contribution in [0.2, 0.25) is 0 Å². The highest BCUT2D eigenvalue weighted by Crippen LogP contribution is 2.53. The number of phenolic OH excluding ortho intramolecular Hbond substituents is 1. The molecule has 3 aliphatic carbocycles. The Balaban J connectivity index is 1.60.